The lowest BCUT2D eigenvalue weighted by molar-refractivity contribution is -0.122. The van der Waals surface area contributed by atoms with E-state index >= 15 is 0 Å². The Kier molecular flexibility index (Phi) is 3.86. The van der Waals surface area contributed by atoms with E-state index in [0.29, 0.717) is 5.82 Å². The summed E-state index contributed by atoms with van der Waals surface area (Å²) in [6.07, 6.45) is 4.89. The minimum Gasteiger partial charge on any atom is -0.354 e. The second-order valence-electron chi connectivity index (χ2n) is 5.54. The molecule has 1 aromatic heterocycles. The van der Waals surface area contributed by atoms with Gasteiger partial charge >= 0.3 is 0 Å². The van der Waals surface area contributed by atoms with Gasteiger partial charge in [0.15, 0.2) is 0 Å². The number of amides is 1. The summed E-state index contributed by atoms with van der Waals surface area (Å²) in [5, 5.41) is 6.16. The van der Waals surface area contributed by atoms with Gasteiger partial charge in [0.2, 0.25) is 5.91 Å². The van der Waals surface area contributed by atoms with E-state index in [9.17, 15) is 4.79 Å². The Hall–Kier alpha value is -2.36. The molecular formula is C17H19N3O. The van der Waals surface area contributed by atoms with E-state index in [2.05, 4.69) is 34.7 Å². The van der Waals surface area contributed by atoms with E-state index in [0.717, 1.165) is 30.6 Å². The number of nitrogens with zero attached hydrogens (tertiary/aromatic N) is 1. The van der Waals surface area contributed by atoms with Crippen LogP contribution >= 0.6 is 0 Å². The maximum absolute atomic E-state index is 11.8. The summed E-state index contributed by atoms with van der Waals surface area (Å²) in [4.78, 5) is 16.1. The number of carbonyl (C=O) groups excluding carboxylic acids is 1. The largest absolute Gasteiger partial charge is 0.354 e. The van der Waals surface area contributed by atoms with Gasteiger partial charge < -0.3 is 10.6 Å². The SMILES string of the molecule is Cc1cccc(Nc2ccc(NC(=O)C3CCC3)nc2)c1. The van der Waals surface area contributed by atoms with Gasteiger partial charge in [-0.15, -0.1) is 0 Å². The zero-order valence-electron chi connectivity index (χ0n) is 12.1. The molecule has 2 aromatic rings. The number of aryl methyl sites for hydroxylation is 1. The molecule has 1 aliphatic carbocycles. The molecule has 0 spiro atoms. The van der Waals surface area contributed by atoms with Gasteiger partial charge in [0, 0.05) is 11.6 Å². The Morgan fingerprint density at radius 3 is 2.67 bits per heavy atom. The zero-order chi connectivity index (χ0) is 14.7. The maximum atomic E-state index is 11.8. The number of hydrogen-bond donors (Lipinski definition) is 2. The van der Waals surface area contributed by atoms with E-state index in [1.807, 2.05) is 24.3 Å². The topological polar surface area (TPSA) is 54.0 Å². The molecule has 1 amide bonds. The van der Waals surface area contributed by atoms with Gasteiger partial charge in [-0.3, -0.25) is 4.79 Å². The average Bonchev–Trinajstić information content (AvgIpc) is 2.39. The molecule has 2 N–H and O–H groups in total. The fourth-order valence-corrected chi connectivity index (χ4v) is 2.33. The molecule has 108 valence electrons. The standard InChI is InChI=1S/C17H19N3O/c1-12-4-2-7-14(10-12)19-15-8-9-16(18-11-15)20-17(21)13-5-3-6-13/h2,4,7-11,13,19H,3,5-6H2,1H3,(H,18,20,21). The smallest absolute Gasteiger partial charge is 0.228 e. The Labute approximate surface area is 124 Å². The molecule has 3 rings (SSSR count). The van der Waals surface area contributed by atoms with Crippen molar-refractivity contribution in [3.8, 4) is 0 Å². The van der Waals surface area contributed by atoms with Gasteiger partial charge in [0.05, 0.1) is 11.9 Å². The number of hydrogen-bond acceptors (Lipinski definition) is 3. The highest BCUT2D eigenvalue weighted by Crippen LogP contribution is 2.27. The highest BCUT2D eigenvalue weighted by atomic mass is 16.2. The molecule has 1 heterocycles. The first-order valence-electron chi connectivity index (χ1n) is 7.31. The van der Waals surface area contributed by atoms with Gasteiger partial charge in [0.25, 0.3) is 0 Å². The molecule has 1 aromatic carbocycles. The first kappa shape index (κ1) is 13.6. The molecule has 21 heavy (non-hydrogen) atoms. The minimum atomic E-state index is 0.0909. The van der Waals surface area contributed by atoms with E-state index in [1.165, 1.54) is 5.56 Å². The van der Waals surface area contributed by atoms with Crippen LogP contribution in [0.2, 0.25) is 0 Å². The third-order valence-corrected chi connectivity index (χ3v) is 3.80. The third-order valence-electron chi connectivity index (χ3n) is 3.80. The van der Waals surface area contributed by atoms with Crippen LogP contribution in [0, 0.1) is 12.8 Å². The van der Waals surface area contributed by atoms with Crippen LogP contribution < -0.4 is 10.6 Å². The normalized spacial score (nSPS) is 14.3. The van der Waals surface area contributed by atoms with Gasteiger partial charge in [-0.1, -0.05) is 18.6 Å². The van der Waals surface area contributed by atoms with Crippen LogP contribution in [0.3, 0.4) is 0 Å². The lowest BCUT2D eigenvalue weighted by Crippen LogP contribution is -2.28. The van der Waals surface area contributed by atoms with Crippen molar-refractivity contribution in [1.29, 1.82) is 0 Å². The Bertz CT molecular complexity index is 633. The lowest BCUT2D eigenvalue weighted by atomic mass is 9.85. The van der Waals surface area contributed by atoms with Gasteiger partial charge in [-0.05, 0) is 49.6 Å². The molecule has 0 atom stereocenters. The Balaban J connectivity index is 1.62. The summed E-state index contributed by atoms with van der Waals surface area (Å²) in [5.41, 5.74) is 3.14. The molecular weight excluding hydrogens is 262 g/mol. The lowest BCUT2D eigenvalue weighted by Gasteiger charge is -2.23. The number of rotatable bonds is 4. The van der Waals surface area contributed by atoms with Crippen molar-refractivity contribution in [3.05, 3.63) is 48.2 Å². The predicted octanol–water partition coefficient (Wildman–Crippen LogP) is 3.87. The monoisotopic (exact) mass is 281 g/mol. The number of benzene rings is 1. The molecule has 4 heteroatoms. The maximum Gasteiger partial charge on any atom is 0.228 e. The van der Waals surface area contributed by atoms with Crippen LogP contribution in [0.25, 0.3) is 0 Å². The van der Waals surface area contributed by atoms with Crippen LogP contribution in [-0.4, -0.2) is 10.9 Å². The van der Waals surface area contributed by atoms with E-state index < -0.39 is 0 Å². The number of carbonyl (C=O) groups is 1. The summed E-state index contributed by atoms with van der Waals surface area (Å²) in [7, 11) is 0. The van der Waals surface area contributed by atoms with Crippen LogP contribution in [0.5, 0.6) is 0 Å². The second-order valence-corrected chi connectivity index (χ2v) is 5.54. The Morgan fingerprint density at radius 2 is 2.05 bits per heavy atom. The molecule has 0 unspecified atom stereocenters. The second kappa shape index (κ2) is 5.95. The molecule has 0 aliphatic heterocycles. The van der Waals surface area contributed by atoms with Gasteiger partial charge in [-0.2, -0.15) is 0 Å². The number of anilines is 3. The third kappa shape index (κ3) is 3.40. The van der Waals surface area contributed by atoms with Gasteiger partial charge in [0.1, 0.15) is 5.82 Å². The van der Waals surface area contributed by atoms with Crippen molar-refractivity contribution >= 4 is 23.1 Å². The van der Waals surface area contributed by atoms with Crippen molar-refractivity contribution in [2.75, 3.05) is 10.6 Å². The van der Waals surface area contributed by atoms with Gasteiger partial charge in [-0.25, -0.2) is 4.98 Å². The number of pyridine rings is 1. The molecule has 4 nitrogen and oxygen atoms in total. The molecule has 0 radical (unpaired) electrons. The number of aromatic nitrogens is 1. The van der Waals surface area contributed by atoms with Crippen LogP contribution in [0.15, 0.2) is 42.6 Å². The fourth-order valence-electron chi connectivity index (χ4n) is 2.33. The molecule has 1 fully saturated rings. The average molecular weight is 281 g/mol. The van der Waals surface area contributed by atoms with Crippen molar-refractivity contribution in [1.82, 2.24) is 4.98 Å². The quantitative estimate of drug-likeness (QED) is 0.894. The molecule has 0 saturated heterocycles. The molecule has 1 saturated carbocycles. The Morgan fingerprint density at radius 1 is 1.19 bits per heavy atom. The molecule has 1 aliphatic rings. The zero-order valence-corrected chi connectivity index (χ0v) is 12.1. The minimum absolute atomic E-state index is 0.0909. The molecule has 0 bridgehead atoms. The van der Waals surface area contributed by atoms with Crippen molar-refractivity contribution in [2.24, 2.45) is 5.92 Å². The van der Waals surface area contributed by atoms with Crippen LogP contribution in [0.1, 0.15) is 24.8 Å². The first-order valence-corrected chi connectivity index (χ1v) is 7.31. The van der Waals surface area contributed by atoms with Crippen molar-refractivity contribution < 1.29 is 4.79 Å². The van der Waals surface area contributed by atoms with Crippen molar-refractivity contribution in [3.63, 3.8) is 0 Å². The highest BCUT2D eigenvalue weighted by Gasteiger charge is 2.25. The van der Waals surface area contributed by atoms with E-state index in [-0.39, 0.29) is 11.8 Å². The van der Waals surface area contributed by atoms with Crippen molar-refractivity contribution in [2.45, 2.75) is 26.2 Å². The van der Waals surface area contributed by atoms with Crippen LogP contribution in [0.4, 0.5) is 17.2 Å². The highest BCUT2D eigenvalue weighted by molar-refractivity contribution is 5.92. The van der Waals surface area contributed by atoms with E-state index in [4.69, 9.17) is 0 Å². The fraction of sp³-hybridized carbons (Fsp3) is 0.294. The summed E-state index contributed by atoms with van der Waals surface area (Å²) < 4.78 is 0. The summed E-state index contributed by atoms with van der Waals surface area (Å²) in [5.74, 6) is 0.881. The summed E-state index contributed by atoms with van der Waals surface area (Å²) in [6, 6.07) is 11.9. The number of nitrogens with one attached hydrogen (secondary N) is 2. The van der Waals surface area contributed by atoms with Crippen LogP contribution in [-0.2, 0) is 4.79 Å². The summed E-state index contributed by atoms with van der Waals surface area (Å²) in [6.45, 7) is 2.06. The summed E-state index contributed by atoms with van der Waals surface area (Å²) >= 11 is 0. The predicted molar refractivity (Wildman–Crippen MR) is 84.7 cm³/mol. The van der Waals surface area contributed by atoms with E-state index in [1.54, 1.807) is 6.20 Å². The first-order chi connectivity index (χ1) is 10.2.